The molecule has 0 amide bonds. The Morgan fingerprint density at radius 3 is 2.73 bits per heavy atom. The van der Waals surface area contributed by atoms with E-state index < -0.39 is 17.4 Å². The van der Waals surface area contributed by atoms with Crippen molar-refractivity contribution in [2.24, 2.45) is 5.73 Å². The van der Waals surface area contributed by atoms with Gasteiger partial charge in [0.25, 0.3) is 0 Å². The highest BCUT2D eigenvalue weighted by Crippen LogP contribution is 2.44. The van der Waals surface area contributed by atoms with Crippen molar-refractivity contribution in [3.8, 4) is 22.9 Å². The first-order chi connectivity index (χ1) is 16.0. The van der Waals surface area contributed by atoms with Crippen molar-refractivity contribution in [2.45, 2.75) is 12.5 Å². The molecular weight excluding hydrogens is 425 g/mol. The van der Waals surface area contributed by atoms with Crippen LogP contribution in [0.4, 0.5) is 4.39 Å². The summed E-state index contributed by atoms with van der Waals surface area (Å²) >= 11 is 0. The average Bonchev–Trinajstić information content (AvgIpc) is 2.83. The summed E-state index contributed by atoms with van der Waals surface area (Å²) in [5.41, 5.74) is 7.27. The molecular formula is C25H16FN3O4. The Kier molecular flexibility index (Phi) is 4.89. The number of aliphatic hydroxyl groups excluding tert-OH is 1. The van der Waals surface area contributed by atoms with E-state index in [9.17, 15) is 15.2 Å². The average molecular weight is 441 g/mol. The van der Waals surface area contributed by atoms with Gasteiger partial charge in [-0.1, -0.05) is 24.3 Å². The Morgan fingerprint density at radius 1 is 1.18 bits per heavy atom. The lowest BCUT2D eigenvalue weighted by Gasteiger charge is -2.26. The highest BCUT2D eigenvalue weighted by Gasteiger charge is 2.37. The van der Waals surface area contributed by atoms with Gasteiger partial charge < -0.3 is 20.0 Å². The molecule has 2 aromatic carbocycles. The molecule has 0 bridgehead atoms. The molecule has 0 aliphatic carbocycles. The number of benzene rings is 2. The lowest BCUT2D eigenvalue weighted by atomic mass is 9.83. The Morgan fingerprint density at radius 2 is 2.03 bits per heavy atom. The molecule has 5 rings (SSSR count). The molecule has 7 nitrogen and oxygen atoms in total. The number of halogens is 1. The van der Waals surface area contributed by atoms with Gasteiger partial charge in [0.05, 0.1) is 23.5 Å². The predicted octanol–water partition coefficient (Wildman–Crippen LogP) is 3.70. The molecule has 0 saturated carbocycles. The Labute approximate surface area is 186 Å². The van der Waals surface area contributed by atoms with Crippen molar-refractivity contribution in [1.29, 1.82) is 5.26 Å². The first kappa shape index (κ1) is 20.4. The number of fused-ring (bicyclic) bond motifs is 3. The van der Waals surface area contributed by atoms with E-state index in [2.05, 4.69) is 4.98 Å². The fraction of sp³-hybridized carbons (Fsp3) is 0.0800. The quantitative estimate of drug-likeness (QED) is 0.465. The summed E-state index contributed by atoms with van der Waals surface area (Å²) in [6.07, 6.45) is 3.23. The van der Waals surface area contributed by atoms with E-state index >= 15 is 4.39 Å². The van der Waals surface area contributed by atoms with Gasteiger partial charge in [-0.05, 0) is 35.4 Å². The van der Waals surface area contributed by atoms with Crippen LogP contribution in [0.2, 0.25) is 0 Å². The second kappa shape index (κ2) is 7.89. The molecule has 1 aliphatic rings. The van der Waals surface area contributed by atoms with Gasteiger partial charge in [-0.25, -0.2) is 9.18 Å². The minimum absolute atomic E-state index is 0.0157. The van der Waals surface area contributed by atoms with Crippen LogP contribution >= 0.6 is 0 Å². The molecule has 1 unspecified atom stereocenters. The third-order valence-corrected chi connectivity index (χ3v) is 5.62. The van der Waals surface area contributed by atoms with Crippen molar-refractivity contribution in [2.75, 3.05) is 0 Å². The molecule has 0 fully saturated rings. The zero-order valence-electron chi connectivity index (χ0n) is 17.1. The number of hydrogen-bond donors (Lipinski definition) is 2. The lowest BCUT2D eigenvalue weighted by molar-refractivity contribution is 0.282. The number of aromatic nitrogens is 1. The number of hydrogen-bond acceptors (Lipinski definition) is 7. The largest absolute Gasteiger partial charge is 0.439 e. The molecule has 1 aliphatic heterocycles. The van der Waals surface area contributed by atoms with E-state index in [-0.39, 0.29) is 40.5 Å². The number of pyridine rings is 1. The maximum Gasteiger partial charge on any atom is 0.344 e. The van der Waals surface area contributed by atoms with Crippen LogP contribution in [0.5, 0.6) is 5.75 Å². The summed E-state index contributed by atoms with van der Waals surface area (Å²) in [5.74, 6) is -1.85. The van der Waals surface area contributed by atoms with Gasteiger partial charge in [-0.15, -0.1) is 0 Å². The number of nitrogens with two attached hydrogens (primary N) is 1. The van der Waals surface area contributed by atoms with E-state index in [1.165, 1.54) is 18.2 Å². The molecule has 3 heterocycles. The van der Waals surface area contributed by atoms with Gasteiger partial charge >= 0.3 is 5.63 Å². The van der Waals surface area contributed by atoms with Crippen LogP contribution in [0.1, 0.15) is 22.6 Å². The van der Waals surface area contributed by atoms with Crippen molar-refractivity contribution in [1.82, 2.24) is 4.98 Å². The number of nitrogens with zero attached hydrogens (tertiary/aromatic N) is 2. The topological polar surface area (TPSA) is 122 Å². The fourth-order valence-electron chi connectivity index (χ4n) is 4.05. The first-order valence-electron chi connectivity index (χ1n) is 9.99. The van der Waals surface area contributed by atoms with Gasteiger partial charge in [0.15, 0.2) is 5.75 Å². The van der Waals surface area contributed by atoms with Crippen LogP contribution in [0.25, 0.3) is 22.1 Å². The smallest absolute Gasteiger partial charge is 0.344 e. The zero-order chi connectivity index (χ0) is 23.1. The number of allylic oxidation sites excluding steroid dienone is 1. The van der Waals surface area contributed by atoms with E-state index in [1.54, 1.807) is 42.7 Å². The van der Waals surface area contributed by atoms with Gasteiger partial charge in [0.1, 0.15) is 23.0 Å². The van der Waals surface area contributed by atoms with Crippen LogP contribution < -0.4 is 16.1 Å². The zero-order valence-corrected chi connectivity index (χ0v) is 17.1. The summed E-state index contributed by atoms with van der Waals surface area (Å²) in [4.78, 5) is 17.1. The van der Waals surface area contributed by atoms with Crippen LogP contribution in [-0.4, -0.2) is 10.1 Å². The lowest BCUT2D eigenvalue weighted by Crippen LogP contribution is -2.27. The third-order valence-electron chi connectivity index (χ3n) is 5.62. The second-order valence-corrected chi connectivity index (χ2v) is 7.52. The molecule has 0 saturated heterocycles. The normalized spacial score (nSPS) is 15.1. The summed E-state index contributed by atoms with van der Waals surface area (Å²) in [7, 11) is 0. The second-order valence-electron chi connectivity index (χ2n) is 7.52. The van der Waals surface area contributed by atoms with E-state index in [0.29, 0.717) is 16.5 Å². The van der Waals surface area contributed by atoms with Crippen molar-refractivity contribution >= 4 is 11.0 Å². The summed E-state index contributed by atoms with van der Waals surface area (Å²) < 4.78 is 26.5. The fourth-order valence-corrected chi connectivity index (χ4v) is 4.05. The Bertz CT molecular complexity index is 1540. The number of nitriles is 1. The minimum atomic E-state index is -1.11. The molecule has 162 valence electrons. The van der Waals surface area contributed by atoms with Crippen molar-refractivity contribution in [3.63, 3.8) is 0 Å². The maximum absolute atomic E-state index is 15.4. The van der Waals surface area contributed by atoms with Gasteiger partial charge in [-0.2, -0.15) is 5.26 Å². The molecule has 3 N–H and O–H groups in total. The van der Waals surface area contributed by atoms with Gasteiger partial charge in [0.2, 0.25) is 5.88 Å². The maximum atomic E-state index is 15.4. The Hall–Kier alpha value is -4.48. The molecule has 0 spiro atoms. The Balaban J connectivity index is 1.74. The number of rotatable bonds is 3. The van der Waals surface area contributed by atoms with Crippen LogP contribution in [0.15, 0.2) is 81.6 Å². The van der Waals surface area contributed by atoms with Crippen molar-refractivity contribution < 1.29 is 18.7 Å². The van der Waals surface area contributed by atoms with Crippen molar-refractivity contribution in [3.05, 3.63) is 105 Å². The van der Waals surface area contributed by atoms with E-state index in [4.69, 9.17) is 14.9 Å². The van der Waals surface area contributed by atoms with E-state index in [1.807, 2.05) is 6.07 Å². The summed E-state index contributed by atoms with van der Waals surface area (Å²) in [6.45, 7) is -0.241. The summed E-state index contributed by atoms with van der Waals surface area (Å²) in [6, 6.07) is 14.8. The van der Waals surface area contributed by atoms with E-state index in [0.717, 1.165) is 5.56 Å². The van der Waals surface area contributed by atoms with Crippen LogP contribution in [0, 0.1) is 17.1 Å². The molecule has 33 heavy (non-hydrogen) atoms. The minimum Gasteiger partial charge on any atom is -0.439 e. The van der Waals surface area contributed by atoms with Crippen LogP contribution in [0.3, 0.4) is 0 Å². The molecule has 4 aromatic rings. The number of aliphatic hydroxyl groups is 1. The highest BCUT2D eigenvalue weighted by molar-refractivity contribution is 5.86. The third kappa shape index (κ3) is 3.32. The molecule has 2 aromatic heterocycles. The van der Waals surface area contributed by atoms with Gasteiger partial charge in [-0.3, -0.25) is 4.98 Å². The standard InChI is InChI=1S/C25H16FN3O4/c26-19-9-14(15-2-1-7-29-11-15)4-6-16(19)21-18(10-27)24(28)33-23-17-5-3-13(12-30)8-20(17)32-25(31)22(21)23/h1-9,11,21,30H,12,28H2. The molecule has 0 radical (unpaired) electrons. The monoisotopic (exact) mass is 441 g/mol. The molecule has 8 heteroatoms. The number of ether oxygens (including phenoxy) is 1. The SMILES string of the molecule is N#CC1=C(N)Oc2c(c(=O)oc3cc(CO)ccc23)C1c1ccc(-c2cccnc2)cc1F. The van der Waals surface area contributed by atoms with Gasteiger partial charge in [0, 0.05) is 23.5 Å². The highest BCUT2D eigenvalue weighted by atomic mass is 19.1. The van der Waals surface area contributed by atoms with Crippen LogP contribution in [-0.2, 0) is 6.61 Å². The molecule has 1 atom stereocenters. The predicted molar refractivity (Wildman–Crippen MR) is 117 cm³/mol. The summed E-state index contributed by atoms with van der Waals surface area (Å²) in [5, 5.41) is 19.6. The first-order valence-corrected chi connectivity index (χ1v) is 9.99.